The molecule has 2 N–H and O–H groups in total. The predicted octanol–water partition coefficient (Wildman–Crippen LogP) is 4.91. The molecule has 0 saturated heterocycles. The number of imidazole rings is 1. The molecule has 0 saturated carbocycles. The summed E-state index contributed by atoms with van der Waals surface area (Å²) in [6, 6.07) is 20.4. The lowest BCUT2D eigenvalue weighted by Gasteiger charge is -2.12. The van der Waals surface area contributed by atoms with E-state index in [0.717, 1.165) is 5.52 Å². The first-order chi connectivity index (χ1) is 15.7. The van der Waals surface area contributed by atoms with Crippen LogP contribution >= 0.6 is 23.1 Å². The molecule has 0 fully saturated rings. The summed E-state index contributed by atoms with van der Waals surface area (Å²) >= 11 is 2.57. The maximum Gasteiger partial charge on any atom is 0.267 e. The Morgan fingerprint density at radius 2 is 1.91 bits per heavy atom. The Morgan fingerprint density at radius 1 is 1.12 bits per heavy atom. The Kier molecular flexibility index (Phi) is 5.23. The highest BCUT2D eigenvalue weighted by Crippen LogP contribution is 2.27. The maximum absolute atomic E-state index is 13.1. The van der Waals surface area contributed by atoms with Crippen LogP contribution in [0.15, 0.2) is 81.8 Å². The van der Waals surface area contributed by atoms with Gasteiger partial charge < -0.3 is 10.1 Å². The molecule has 0 radical (unpaired) electrons. The number of nitrogens with one attached hydrogen (secondary N) is 1. The van der Waals surface area contributed by atoms with E-state index in [-0.39, 0.29) is 22.6 Å². The van der Waals surface area contributed by atoms with Gasteiger partial charge in [0.1, 0.15) is 22.2 Å². The fraction of sp³-hybridized carbons (Fsp3) is 0.0435. The zero-order valence-electron chi connectivity index (χ0n) is 16.5. The minimum Gasteiger partial charge on any atom is -0.510 e. The molecular weight excluding hydrogens is 442 g/mol. The second-order valence-corrected chi connectivity index (χ2v) is 8.67. The molecule has 2 aromatic carbocycles. The Labute approximate surface area is 190 Å². The fourth-order valence-electron chi connectivity index (χ4n) is 3.33. The van der Waals surface area contributed by atoms with E-state index in [1.165, 1.54) is 27.7 Å². The van der Waals surface area contributed by atoms with Crippen LogP contribution in [-0.2, 0) is 0 Å². The van der Waals surface area contributed by atoms with Gasteiger partial charge in [-0.2, -0.15) is 5.26 Å². The molecule has 0 aliphatic carbocycles. The van der Waals surface area contributed by atoms with Crippen LogP contribution in [0.1, 0.15) is 5.82 Å². The highest BCUT2D eigenvalue weighted by atomic mass is 32.2. The van der Waals surface area contributed by atoms with E-state index in [4.69, 9.17) is 0 Å². The number of aromatic amines is 1. The number of allylic oxidation sites excluding steroid dienone is 1. The average Bonchev–Trinajstić information content (AvgIpc) is 3.46. The van der Waals surface area contributed by atoms with Crippen molar-refractivity contribution >= 4 is 49.9 Å². The molecule has 32 heavy (non-hydrogen) atoms. The number of aliphatic hydroxyl groups is 1. The molecule has 0 aliphatic heterocycles. The third-order valence-electron chi connectivity index (χ3n) is 4.85. The minimum atomic E-state index is -0.175. The van der Waals surface area contributed by atoms with Crippen LogP contribution in [-0.4, -0.2) is 30.4 Å². The zero-order chi connectivity index (χ0) is 22.1. The number of nitriles is 1. The van der Waals surface area contributed by atoms with Gasteiger partial charge in [0.05, 0.1) is 27.9 Å². The van der Waals surface area contributed by atoms with Crippen LogP contribution in [0, 0.1) is 11.3 Å². The van der Waals surface area contributed by atoms with Crippen molar-refractivity contribution in [1.29, 1.82) is 5.26 Å². The smallest absolute Gasteiger partial charge is 0.267 e. The predicted molar refractivity (Wildman–Crippen MR) is 127 cm³/mol. The van der Waals surface area contributed by atoms with Gasteiger partial charge in [-0.15, -0.1) is 11.3 Å². The van der Waals surface area contributed by atoms with Crippen molar-refractivity contribution in [2.45, 2.75) is 5.16 Å². The molecule has 5 rings (SSSR count). The first-order valence-electron chi connectivity index (χ1n) is 9.61. The van der Waals surface area contributed by atoms with Gasteiger partial charge in [-0.1, -0.05) is 42.1 Å². The van der Waals surface area contributed by atoms with Crippen molar-refractivity contribution in [1.82, 2.24) is 19.5 Å². The Balaban J connectivity index is 1.54. The molecule has 3 aromatic heterocycles. The van der Waals surface area contributed by atoms with E-state index in [1.54, 1.807) is 6.07 Å². The summed E-state index contributed by atoms with van der Waals surface area (Å²) in [5.74, 6) is 0.210. The summed E-state index contributed by atoms with van der Waals surface area (Å²) in [4.78, 5) is 25.9. The van der Waals surface area contributed by atoms with E-state index in [1.807, 2.05) is 66.0 Å². The first kappa shape index (κ1) is 20.1. The number of thioether (sulfide) groups is 1. The summed E-state index contributed by atoms with van der Waals surface area (Å²) < 4.78 is 1.53. The highest BCUT2D eigenvalue weighted by Gasteiger charge is 2.17. The van der Waals surface area contributed by atoms with Crippen LogP contribution in [0.4, 0.5) is 0 Å². The number of H-pyrrole nitrogens is 1. The fourth-order valence-corrected chi connectivity index (χ4v) is 5.02. The second-order valence-electron chi connectivity index (χ2n) is 6.83. The number of fused-ring (bicyclic) bond motifs is 2. The van der Waals surface area contributed by atoms with Gasteiger partial charge in [-0.3, -0.25) is 9.36 Å². The number of benzene rings is 2. The third-order valence-corrected chi connectivity index (χ3v) is 6.60. The zero-order valence-corrected chi connectivity index (χ0v) is 18.2. The van der Waals surface area contributed by atoms with Gasteiger partial charge in [0.25, 0.3) is 5.56 Å². The van der Waals surface area contributed by atoms with Crippen molar-refractivity contribution in [3.8, 4) is 11.8 Å². The van der Waals surface area contributed by atoms with Crippen molar-refractivity contribution in [3.05, 3.63) is 88.0 Å². The molecule has 156 valence electrons. The van der Waals surface area contributed by atoms with E-state index >= 15 is 0 Å². The maximum atomic E-state index is 13.1. The van der Waals surface area contributed by atoms with E-state index < -0.39 is 0 Å². The van der Waals surface area contributed by atoms with Gasteiger partial charge in [-0.25, -0.2) is 9.97 Å². The molecule has 0 aliphatic rings. The van der Waals surface area contributed by atoms with E-state index in [9.17, 15) is 15.2 Å². The summed E-state index contributed by atoms with van der Waals surface area (Å²) in [5, 5.41) is 23.2. The summed E-state index contributed by atoms with van der Waals surface area (Å²) in [7, 11) is 0. The monoisotopic (exact) mass is 457 g/mol. The number of hydrogen-bond acceptors (Lipinski definition) is 7. The standard InChI is InChI=1S/C23H15N5O2S2/c24-12-16(20-25-17-8-4-5-9-18(17)26-20)19(29)13-32-23-27-21-15(10-11-31-21)22(30)28(23)14-6-2-1-3-7-14/h1-11,29H,13H2,(H,25,26)/b19-16-. The van der Waals surface area contributed by atoms with Crippen LogP contribution in [0.5, 0.6) is 0 Å². The number of hydrogen-bond donors (Lipinski definition) is 2. The van der Waals surface area contributed by atoms with Gasteiger partial charge in [0.15, 0.2) is 11.0 Å². The topological polar surface area (TPSA) is 108 Å². The lowest BCUT2D eigenvalue weighted by Crippen LogP contribution is -2.21. The quantitative estimate of drug-likeness (QED) is 0.168. The van der Waals surface area contributed by atoms with Gasteiger partial charge >= 0.3 is 0 Å². The molecule has 3 heterocycles. The van der Waals surface area contributed by atoms with Gasteiger partial charge in [0, 0.05) is 0 Å². The van der Waals surface area contributed by atoms with Gasteiger partial charge in [-0.05, 0) is 35.7 Å². The van der Waals surface area contributed by atoms with E-state index in [0.29, 0.717) is 32.4 Å². The van der Waals surface area contributed by atoms with Crippen LogP contribution in [0.25, 0.3) is 32.5 Å². The molecule has 0 amide bonds. The number of aromatic nitrogens is 4. The van der Waals surface area contributed by atoms with Crippen LogP contribution in [0.3, 0.4) is 0 Å². The molecule has 0 bridgehead atoms. The number of rotatable bonds is 5. The molecule has 0 atom stereocenters. The van der Waals surface area contributed by atoms with Crippen molar-refractivity contribution in [2.75, 3.05) is 5.75 Å². The Morgan fingerprint density at radius 3 is 2.69 bits per heavy atom. The number of para-hydroxylation sites is 3. The van der Waals surface area contributed by atoms with Crippen LogP contribution in [0.2, 0.25) is 0 Å². The summed E-state index contributed by atoms with van der Waals surface area (Å²) in [5.41, 5.74) is 2.05. The summed E-state index contributed by atoms with van der Waals surface area (Å²) in [6.45, 7) is 0. The largest absolute Gasteiger partial charge is 0.510 e. The van der Waals surface area contributed by atoms with Gasteiger partial charge in [0.2, 0.25) is 0 Å². The Bertz CT molecular complexity index is 1540. The molecular formula is C23H15N5O2S2. The molecule has 0 unspecified atom stereocenters. The number of thiophene rings is 1. The lowest BCUT2D eigenvalue weighted by atomic mass is 10.2. The van der Waals surface area contributed by atoms with Crippen LogP contribution < -0.4 is 5.56 Å². The normalized spacial score (nSPS) is 12.1. The second kappa shape index (κ2) is 8.34. The minimum absolute atomic E-state index is 0.0517. The lowest BCUT2D eigenvalue weighted by molar-refractivity contribution is 0.420. The van der Waals surface area contributed by atoms with Crippen molar-refractivity contribution < 1.29 is 5.11 Å². The molecule has 0 spiro atoms. The Hall–Kier alpha value is -3.87. The average molecular weight is 458 g/mol. The highest BCUT2D eigenvalue weighted by molar-refractivity contribution is 7.99. The molecule has 5 aromatic rings. The number of nitrogens with zero attached hydrogens (tertiary/aromatic N) is 4. The van der Waals surface area contributed by atoms with Crippen molar-refractivity contribution in [2.24, 2.45) is 0 Å². The number of aliphatic hydroxyl groups excluding tert-OH is 1. The molecule has 7 nitrogen and oxygen atoms in total. The molecule has 9 heteroatoms. The van der Waals surface area contributed by atoms with E-state index in [2.05, 4.69) is 15.0 Å². The third kappa shape index (κ3) is 3.56. The summed E-state index contributed by atoms with van der Waals surface area (Å²) in [6.07, 6.45) is 0. The van der Waals surface area contributed by atoms with Crippen molar-refractivity contribution in [3.63, 3.8) is 0 Å². The SMILES string of the molecule is N#C/C(=C(/O)CSc1nc2sccc2c(=O)n1-c1ccccc1)c1nc2ccccc2[nH]1. The first-order valence-corrected chi connectivity index (χ1v) is 11.5.